The average Bonchev–Trinajstić information content (AvgIpc) is 3.07. The van der Waals surface area contributed by atoms with E-state index in [4.69, 9.17) is 0 Å². The first-order valence-corrected chi connectivity index (χ1v) is 8.98. The third-order valence-corrected chi connectivity index (χ3v) is 4.41. The fourth-order valence-electron chi connectivity index (χ4n) is 3.18. The van der Waals surface area contributed by atoms with E-state index in [1.165, 1.54) is 22.9 Å². The molecule has 138 valence electrons. The van der Waals surface area contributed by atoms with E-state index in [0.29, 0.717) is 5.82 Å². The number of allylic oxidation sites excluding steroid dienone is 6. The van der Waals surface area contributed by atoms with Crippen molar-refractivity contribution in [2.45, 2.75) is 25.8 Å². The number of nitrogens with zero attached hydrogens (tertiary/aromatic N) is 2. The predicted octanol–water partition coefficient (Wildman–Crippen LogP) is 5.72. The zero-order chi connectivity index (χ0) is 19.6. The van der Waals surface area contributed by atoms with Gasteiger partial charge in [0, 0.05) is 18.6 Å². The van der Waals surface area contributed by atoms with Crippen LogP contribution in [0.15, 0.2) is 96.4 Å². The first-order chi connectivity index (χ1) is 13.1. The summed E-state index contributed by atoms with van der Waals surface area (Å²) in [5.74, 6) is 0.623. The third kappa shape index (κ3) is 5.38. The van der Waals surface area contributed by atoms with Crippen LogP contribution in [-0.4, -0.2) is 12.4 Å². The molecule has 27 heavy (non-hydrogen) atoms. The van der Waals surface area contributed by atoms with E-state index >= 15 is 0 Å². The highest BCUT2D eigenvalue weighted by Crippen LogP contribution is 2.37. The molecule has 1 unspecified atom stereocenters. The van der Waals surface area contributed by atoms with Gasteiger partial charge in [0.1, 0.15) is 5.82 Å². The Morgan fingerprint density at radius 2 is 2.04 bits per heavy atom. The molecule has 1 N–H and O–H groups in total. The van der Waals surface area contributed by atoms with E-state index in [1.807, 2.05) is 18.2 Å². The quantitative estimate of drug-likeness (QED) is 0.445. The van der Waals surface area contributed by atoms with Gasteiger partial charge in [-0.05, 0) is 42.0 Å². The molecule has 1 aliphatic carbocycles. The number of fused-ring (bicyclic) bond motifs is 1. The van der Waals surface area contributed by atoms with Crippen LogP contribution in [0.3, 0.4) is 0 Å². The summed E-state index contributed by atoms with van der Waals surface area (Å²) in [7, 11) is 0. The number of aliphatic imine (C=N–C) groups is 2. The van der Waals surface area contributed by atoms with Crippen LogP contribution in [0.25, 0.3) is 5.57 Å². The van der Waals surface area contributed by atoms with Gasteiger partial charge in [0.2, 0.25) is 0 Å². The summed E-state index contributed by atoms with van der Waals surface area (Å²) in [6.07, 6.45) is 14.6. The van der Waals surface area contributed by atoms with Crippen LogP contribution in [-0.2, 0) is 6.42 Å². The molecule has 3 nitrogen and oxygen atoms in total. The molecule has 1 aromatic carbocycles. The maximum atomic E-state index is 4.26. The Hall–Kier alpha value is -3.20. The van der Waals surface area contributed by atoms with Gasteiger partial charge in [0.05, 0.1) is 6.04 Å². The van der Waals surface area contributed by atoms with E-state index in [-0.39, 0.29) is 6.04 Å². The molecule has 0 aliphatic heterocycles. The van der Waals surface area contributed by atoms with E-state index in [2.05, 4.69) is 72.8 Å². The summed E-state index contributed by atoms with van der Waals surface area (Å²) < 4.78 is 0. The molecule has 0 aromatic heterocycles. The standard InChI is InChI=1S/C24H27N3/c1-6-10-20(17-18(4)7-2)21-11-9-12-23-22(21)13-14-24(23)27-19(5)26-16-15-25-8-3/h6-12,15-17,24,27H,1-3,5,13-14H2,4H3/b18-17-,20-10+,25-15-,26-16-. The zero-order valence-electron chi connectivity index (χ0n) is 16.0. The van der Waals surface area contributed by atoms with Crippen LogP contribution in [0.4, 0.5) is 0 Å². The van der Waals surface area contributed by atoms with E-state index in [9.17, 15) is 0 Å². The Kier molecular flexibility index (Phi) is 7.50. The van der Waals surface area contributed by atoms with Crippen molar-refractivity contribution in [3.05, 3.63) is 103 Å². The van der Waals surface area contributed by atoms with Crippen LogP contribution < -0.4 is 5.32 Å². The molecule has 0 spiro atoms. The van der Waals surface area contributed by atoms with Crippen molar-refractivity contribution in [3.63, 3.8) is 0 Å². The van der Waals surface area contributed by atoms with Gasteiger partial charge in [0.25, 0.3) is 0 Å². The van der Waals surface area contributed by atoms with Gasteiger partial charge in [-0.25, -0.2) is 4.99 Å². The van der Waals surface area contributed by atoms with Crippen LogP contribution in [0.1, 0.15) is 36.1 Å². The van der Waals surface area contributed by atoms with Gasteiger partial charge in [-0.1, -0.05) is 74.4 Å². The highest BCUT2D eigenvalue weighted by Gasteiger charge is 2.25. The second-order valence-corrected chi connectivity index (χ2v) is 6.26. The Morgan fingerprint density at radius 1 is 1.22 bits per heavy atom. The van der Waals surface area contributed by atoms with Gasteiger partial charge >= 0.3 is 0 Å². The van der Waals surface area contributed by atoms with Crippen molar-refractivity contribution >= 4 is 18.0 Å². The van der Waals surface area contributed by atoms with Crippen LogP contribution in [0.5, 0.6) is 0 Å². The minimum absolute atomic E-state index is 0.204. The highest BCUT2D eigenvalue weighted by atomic mass is 15.1. The number of nitrogens with one attached hydrogen (secondary N) is 1. The minimum Gasteiger partial charge on any atom is -0.364 e. The maximum Gasteiger partial charge on any atom is 0.119 e. The minimum atomic E-state index is 0.204. The van der Waals surface area contributed by atoms with Crippen LogP contribution in [0, 0.1) is 0 Å². The highest BCUT2D eigenvalue weighted by molar-refractivity contribution is 6.16. The molecule has 0 fully saturated rings. The Labute approximate surface area is 162 Å². The summed E-state index contributed by atoms with van der Waals surface area (Å²) in [5, 5.41) is 3.41. The summed E-state index contributed by atoms with van der Waals surface area (Å²) in [5.41, 5.74) is 6.17. The molecule has 0 saturated carbocycles. The number of benzene rings is 1. The molecular weight excluding hydrogens is 330 g/mol. The van der Waals surface area contributed by atoms with Crippen molar-refractivity contribution in [2.75, 3.05) is 0 Å². The fourth-order valence-corrected chi connectivity index (χ4v) is 3.18. The van der Waals surface area contributed by atoms with Gasteiger partial charge in [0.15, 0.2) is 0 Å². The van der Waals surface area contributed by atoms with Gasteiger partial charge in [-0.2, -0.15) is 0 Å². The monoisotopic (exact) mass is 357 g/mol. The van der Waals surface area contributed by atoms with Gasteiger partial charge in [-0.3, -0.25) is 4.99 Å². The predicted molar refractivity (Wildman–Crippen MR) is 119 cm³/mol. The van der Waals surface area contributed by atoms with E-state index in [1.54, 1.807) is 12.4 Å². The number of hydrogen-bond donors (Lipinski definition) is 1. The lowest BCUT2D eigenvalue weighted by atomic mass is 9.94. The lowest BCUT2D eigenvalue weighted by Gasteiger charge is -2.16. The SMILES string of the molecule is C=C/C=C(\C=C(\C)C=C)c1cccc2c1CCC2NC(=C)/N=C\C=N/C=C. The number of hydrogen-bond acceptors (Lipinski definition) is 3. The molecule has 0 radical (unpaired) electrons. The van der Waals surface area contributed by atoms with Crippen molar-refractivity contribution < 1.29 is 0 Å². The summed E-state index contributed by atoms with van der Waals surface area (Å²) in [6, 6.07) is 6.65. The van der Waals surface area contributed by atoms with Gasteiger partial charge in [-0.15, -0.1) is 0 Å². The molecule has 2 rings (SSSR count). The third-order valence-electron chi connectivity index (χ3n) is 4.41. The number of rotatable bonds is 9. The smallest absolute Gasteiger partial charge is 0.119 e. The van der Waals surface area contributed by atoms with Crippen LogP contribution >= 0.6 is 0 Å². The first-order valence-electron chi connectivity index (χ1n) is 8.98. The molecular formula is C24H27N3. The average molecular weight is 358 g/mol. The second kappa shape index (κ2) is 10.1. The van der Waals surface area contributed by atoms with Gasteiger partial charge < -0.3 is 5.32 Å². The largest absolute Gasteiger partial charge is 0.364 e. The van der Waals surface area contributed by atoms with E-state index < -0.39 is 0 Å². The molecule has 3 heteroatoms. The van der Waals surface area contributed by atoms with E-state index in [0.717, 1.165) is 24.0 Å². The molecule has 1 atom stereocenters. The lowest BCUT2D eigenvalue weighted by Crippen LogP contribution is -2.17. The normalized spacial score (nSPS) is 17.1. The molecule has 1 aliphatic rings. The molecule has 1 aromatic rings. The Morgan fingerprint density at radius 3 is 2.74 bits per heavy atom. The molecule has 0 amide bonds. The molecule has 0 heterocycles. The summed E-state index contributed by atoms with van der Waals surface area (Å²) >= 11 is 0. The summed E-state index contributed by atoms with van der Waals surface area (Å²) in [4.78, 5) is 8.15. The topological polar surface area (TPSA) is 36.8 Å². The maximum absolute atomic E-state index is 4.26. The Bertz CT molecular complexity index is 850. The van der Waals surface area contributed by atoms with Crippen molar-refractivity contribution in [3.8, 4) is 0 Å². The fraction of sp³-hybridized carbons (Fsp3) is 0.167. The Balaban J connectivity index is 2.27. The van der Waals surface area contributed by atoms with Crippen molar-refractivity contribution in [1.29, 1.82) is 0 Å². The molecule has 0 saturated heterocycles. The lowest BCUT2D eigenvalue weighted by molar-refractivity contribution is 0.591. The van der Waals surface area contributed by atoms with Crippen molar-refractivity contribution in [2.24, 2.45) is 9.98 Å². The zero-order valence-corrected chi connectivity index (χ0v) is 16.0. The first kappa shape index (κ1) is 20.1. The molecule has 0 bridgehead atoms. The second-order valence-electron chi connectivity index (χ2n) is 6.26. The van der Waals surface area contributed by atoms with Crippen LogP contribution in [0.2, 0.25) is 0 Å². The van der Waals surface area contributed by atoms with Crippen molar-refractivity contribution in [1.82, 2.24) is 5.32 Å². The summed E-state index contributed by atoms with van der Waals surface area (Å²) in [6.45, 7) is 17.3.